The Kier molecular flexibility index (Phi) is 3.03. The van der Waals surface area contributed by atoms with Gasteiger partial charge < -0.3 is 15.0 Å². The fourth-order valence-electron chi connectivity index (χ4n) is 2.82. The van der Waals surface area contributed by atoms with Crippen LogP contribution in [0.2, 0.25) is 0 Å². The Balaban J connectivity index is 1.91. The molecule has 0 saturated carbocycles. The summed E-state index contributed by atoms with van der Waals surface area (Å²) in [6.07, 6.45) is 0.758. The Labute approximate surface area is 128 Å². The first-order valence-corrected chi connectivity index (χ1v) is 7.60. The lowest BCUT2D eigenvalue weighted by molar-refractivity contribution is 0.0915. The van der Waals surface area contributed by atoms with Gasteiger partial charge >= 0.3 is 0 Å². The number of nitrogens with zero attached hydrogens (tertiary/aromatic N) is 2. The van der Waals surface area contributed by atoms with Crippen LogP contribution in [0.1, 0.15) is 9.67 Å². The minimum absolute atomic E-state index is 0.0710. The molecule has 0 bridgehead atoms. The number of halogens is 2. The van der Waals surface area contributed by atoms with E-state index < -0.39 is 12.5 Å². The molecule has 0 fully saturated rings. The Morgan fingerprint density at radius 1 is 1.45 bits per heavy atom. The molecule has 9 heteroatoms. The third kappa shape index (κ3) is 1.88. The number of anilines is 1. The van der Waals surface area contributed by atoms with Crippen LogP contribution in [-0.2, 0) is 0 Å². The zero-order valence-electron chi connectivity index (χ0n) is 11.3. The number of aromatic amines is 1. The van der Waals surface area contributed by atoms with Crippen LogP contribution in [-0.4, -0.2) is 48.3 Å². The Morgan fingerprint density at radius 3 is 3.05 bits per heavy atom. The van der Waals surface area contributed by atoms with Gasteiger partial charge in [0.2, 0.25) is 0 Å². The van der Waals surface area contributed by atoms with E-state index in [9.17, 15) is 13.6 Å². The monoisotopic (exact) mass is 326 g/mol. The number of rotatable bonds is 2. The summed E-state index contributed by atoms with van der Waals surface area (Å²) in [6.45, 7) is 0.579. The van der Waals surface area contributed by atoms with Crippen LogP contribution < -0.4 is 15.0 Å². The fourth-order valence-corrected chi connectivity index (χ4v) is 3.98. The summed E-state index contributed by atoms with van der Waals surface area (Å²) in [5.74, 6) is 0.157. The number of carbonyl (C=O) groups is 1. The number of ether oxygens (including phenoxy) is 1. The number of hydrogen-bond donors (Lipinski definition) is 2. The average Bonchev–Trinajstić information content (AvgIpc) is 3.10. The topological polar surface area (TPSA) is 70.2 Å². The summed E-state index contributed by atoms with van der Waals surface area (Å²) in [5, 5.41) is 9.18. The van der Waals surface area contributed by atoms with Gasteiger partial charge in [-0.15, -0.1) is 11.3 Å². The molecule has 4 rings (SSSR count). The number of alkyl halides is 2. The second-order valence-electron chi connectivity index (χ2n) is 5.08. The van der Waals surface area contributed by atoms with Crippen LogP contribution in [0, 0.1) is 0 Å². The molecule has 2 aliphatic heterocycles. The number of aromatic nitrogens is 2. The van der Waals surface area contributed by atoms with E-state index in [1.807, 2.05) is 0 Å². The zero-order valence-corrected chi connectivity index (χ0v) is 12.1. The first kappa shape index (κ1) is 13.5. The van der Waals surface area contributed by atoms with Crippen LogP contribution in [0.15, 0.2) is 12.4 Å². The maximum atomic E-state index is 13.3. The molecule has 2 aliphatic rings. The molecule has 2 N–H and O–H groups in total. The summed E-state index contributed by atoms with van der Waals surface area (Å²) in [7, 11) is 0. The van der Waals surface area contributed by atoms with Gasteiger partial charge in [-0.3, -0.25) is 9.89 Å². The minimum atomic E-state index is -2.55. The molecular weight excluding hydrogens is 314 g/mol. The van der Waals surface area contributed by atoms with Gasteiger partial charge in [0.1, 0.15) is 23.2 Å². The van der Waals surface area contributed by atoms with Gasteiger partial charge in [-0.1, -0.05) is 0 Å². The van der Waals surface area contributed by atoms with Gasteiger partial charge in [-0.05, 0) is 0 Å². The fraction of sp³-hybridized carbons (Fsp3) is 0.385. The number of thiophene rings is 1. The lowest BCUT2D eigenvalue weighted by Crippen LogP contribution is -2.48. The Hall–Kier alpha value is -2.16. The molecule has 0 spiro atoms. The lowest BCUT2D eigenvalue weighted by Gasteiger charge is -2.34. The average molecular weight is 326 g/mol. The highest BCUT2D eigenvalue weighted by atomic mass is 32.1. The Morgan fingerprint density at radius 2 is 2.32 bits per heavy atom. The third-order valence-corrected chi connectivity index (χ3v) is 5.04. The summed E-state index contributed by atoms with van der Waals surface area (Å²) in [6, 6.07) is -1.04. The highest BCUT2D eigenvalue weighted by Gasteiger charge is 2.40. The number of carbonyl (C=O) groups excluding carboxylic acids is 1. The molecule has 4 heterocycles. The van der Waals surface area contributed by atoms with Crippen molar-refractivity contribution < 1.29 is 18.3 Å². The molecule has 2 aromatic rings. The van der Waals surface area contributed by atoms with Crippen molar-refractivity contribution >= 4 is 22.9 Å². The van der Waals surface area contributed by atoms with Crippen molar-refractivity contribution in [3.8, 4) is 16.2 Å². The van der Waals surface area contributed by atoms with Gasteiger partial charge in [-0.25, -0.2) is 8.78 Å². The van der Waals surface area contributed by atoms with E-state index in [4.69, 9.17) is 4.74 Å². The molecule has 0 saturated heterocycles. The van der Waals surface area contributed by atoms with Crippen molar-refractivity contribution in [2.24, 2.45) is 0 Å². The standard InChI is InChI=1S/C13H12F2N4O2S/c14-12(15)7-5-16-13(20)11-8-9(21-2-1-19(7)8)10(22-11)6-3-17-18-4-6/h3-4,7,12H,1-2,5H2,(H,16,20)(H,17,18)/t7-/m0/s1. The van der Waals surface area contributed by atoms with Gasteiger partial charge in [0, 0.05) is 18.3 Å². The first-order valence-electron chi connectivity index (χ1n) is 6.78. The van der Waals surface area contributed by atoms with Crippen molar-refractivity contribution in [1.82, 2.24) is 15.5 Å². The van der Waals surface area contributed by atoms with Crippen LogP contribution >= 0.6 is 11.3 Å². The van der Waals surface area contributed by atoms with Crippen molar-refractivity contribution in [2.45, 2.75) is 12.5 Å². The van der Waals surface area contributed by atoms with Gasteiger partial charge in [0.25, 0.3) is 12.3 Å². The van der Waals surface area contributed by atoms with E-state index in [0.29, 0.717) is 29.5 Å². The van der Waals surface area contributed by atoms with E-state index in [1.165, 1.54) is 11.3 Å². The van der Waals surface area contributed by atoms with Crippen molar-refractivity contribution in [1.29, 1.82) is 0 Å². The van der Waals surface area contributed by atoms with E-state index in [-0.39, 0.29) is 12.5 Å². The largest absolute Gasteiger partial charge is 0.488 e. The molecule has 0 unspecified atom stereocenters. The van der Waals surface area contributed by atoms with Crippen LogP contribution in [0.3, 0.4) is 0 Å². The highest BCUT2D eigenvalue weighted by Crippen LogP contribution is 2.50. The van der Waals surface area contributed by atoms with Crippen LogP contribution in [0.4, 0.5) is 14.5 Å². The number of amides is 1. The zero-order chi connectivity index (χ0) is 15.3. The second kappa shape index (κ2) is 4.94. The number of hydrogen-bond acceptors (Lipinski definition) is 5. The minimum Gasteiger partial charge on any atom is -0.488 e. The number of H-pyrrole nitrogens is 1. The molecule has 116 valence electrons. The van der Waals surface area contributed by atoms with Gasteiger partial charge in [0.05, 0.1) is 17.6 Å². The first-order chi connectivity index (χ1) is 10.7. The van der Waals surface area contributed by atoms with Crippen molar-refractivity contribution in [3.63, 3.8) is 0 Å². The van der Waals surface area contributed by atoms with E-state index in [1.54, 1.807) is 17.3 Å². The summed E-state index contributed by atoms with van der Waals surface area (Å²) in [5.41, 5.74) is 1.25. The molecule has 0 aliphatic carbocycles. The summed E-state index contributed by atoms with van der Waals surface area (Å²) >= 11 is 1.24. The molecule has 6 nitrogen and oxygen atoms in total. The van der Waals surface area contributed by atoms with Crippen LogP contribution in [0.5, 0.6) is 5.75 Å². The molecule has 0 aromatic carbocycles. The maximum Gasteiger partial charge on any atom is 0.263 e. The third-order valence-electron chi connectivity index (χ3n) is 3.84. The predicted octanol–water partition coefficient (Wildman–Crippen LogP) is 1.71. The Bertz CT molecular complexity index is 716. The van der Waals surface area contributed by atoms with Gasteiger partial charge in [0.15, 0.2) is 5.75 Å². The molecule has 0 radical (unpaired) electrons. The number of nitrogens with one attached hydrogen (secondary N) is 2. The van der Waals surface area contributed by atoms with Gasteiger partial charge in [-0.2, -0.15) is 5.10 Å². The van der Waals surface area contributed by atoms with E-state index >= 15 is 0 Å². The second-order valence-corrected chi connectivity index (χ2v) is 6.10. The normalized spacial score (nSPS) is 20.4. The van der Waals surface area contributed by atoms with E-state index in [2.05, 4.69) is 15.5 Å². The van der Waals surface area contributed by atoms with Crippen LogP contribution in [0.25, 0.3) is 10.4 Å². The lowest BCUT2D eigenvalue weighted by atomic mass is 10.1. The molecular formula is C13H12F2N4O2S. The predicted molar refractivity (Wildman–Crippen MR) is 76.9 cm³/mol. The molecule has 2 aromatic heterocycles. The SMILES string of the molecule is O=C1NC[C@@H](C(F)F)N2CCOc3c(-c4cn[nH]c4)sc1c32. The quantitative estimate of drug-likeness (QED) is 0.881. The highest BCUT2D eigenvalue weighted by molar-refractivity contribution is 7.18. The smallest absolute Gasteiger partial charge is 0.263 e. The van der Waals surface area contributed by atoms with E-state index in [0.717, 1.165) is 10.4 Å². The molecule has 1 atom stereocenters. The summed E-state index contributed by atoms with van der Waals surface area (Å²) < 4.78 is 32.4. The summed E-state index contributed by atoms with van der Waals surface area (Å²) in [4.78, 5) is 15.0. The molecule has 1 amide bonds. The molecule has 22 heavy (non-hydrogen) atoms. The maximum absolute atomic E-state index is 13.3. The van der Waals surface area contributed by atoms with Crippen molar-refractivity contribution in [2.75, 3.05) is 24.6 Å². The van der Waals surface area contributed by atoms with Crippen molar-refractivity contribution in [3.05, 3.63) is 17.3 Å².